The molecule has 0 radical (unpaired) electrons. The van der Waals surface area contributed by atoms with Crippen molar-refractivity contribution in [1.82, 2.24) is 5.32 Å². The lowest BCUT2D eigenvalue weighted by atomic mass is 10.2. The molecule has 1 saturated heterocycles. The number of para-hydroxylation sites is 1. The minimum absolute atomic E-state index is 0.0850. The van der Waals surface area contributed by atoms with Crippen LogP contribution in [0.25, 0.3) is 0 Å². The Morgan fingerprint density at radius 1 is 1.47 bits per heavy atom. The van der Waals surface area contributed by atoms with Crippen LogP contribution in [0.2, 0.25) is 0 Å². The Morgan fingerprint density at radius 3 is 2.82 bits per heavy atom. The number of hydrogen-bond acceptors (Lipinski definition) is 3. The molecule has 1 fully saturated rings. The van der Waals surface area contributed by atoms with E-state index in [1.165, 1.54) is 0 Å². The predicted molar refractivity (Wildman–Crippen MR) is 66.9 cm³/mol. The van der Waals surface area contributed by atoms with Gasteiger partial charge in [-0.1, -0.05) is 25.1 Å². The number of anilines is 1. The molecule has 4 heteroatoms. The smallest absolute Gasteiger partial charge is 0.254 e. The molecule has 1 aliphatic heterocycles. The first kappa shape index (κ1) is 12.1. The Morgan fingerprint density at radius 2 is 2.24 bits per heavy atom. The minimum Gasteiger partial charge on any atom is -0.365 e. The summed E-state index contributed by atoms with van der Waals surface area (Å²) in [4.78, 5) is 11.9. The zero-order chi connectivity index (χ0) is 12.1. The first-order valence-electron chi connectivity index (χ1n) is 6.00. The molecule has 1 aromatic rings. The lowest BCUT2D eigenvalue weighted by Gasteiger charge is -2.28. The minimum atomic E-state index is -0.391. The zero-order valence-corrected chi connectivity index (χ0v) is 9.98. The summed E-state index contributed by atoms with van der Waals surface area (Å²) < 4.78 is 5.54. The molecule has 2 N–H and O–H groups in total. The van der Waals surface area contributed by atoms with Crippen LogP contribution in [0.4, 0.5) is 5.69 Å². The Balaban J connectivity index is 1.85. The Labute approximate surface area is 101 Å². The summed E-state index contributed by atoms with van der Waals surface area (Å²) in [6, 6.07) is 9.80. The van der Waals surface area contributed by atoms with Crippen molar-refractivity contribution in [2.24, 2.45) is 0 Å². The van der Waals surface area contributed by atoms with Crippen molar-refractivity contribution in [2.75, 3.05) is 18.5 Å². The van der Waals surface area contributed by atoms with Gasteiger partial charge in [-0.3, -0.25) is 4.79 Å². The van der Waals surface area contributed by atoms with E-state index in [0.29, 0.717) is 19.2 Å². The monoisotopic (exact) mass is 234 g/mol. The molecule has 0 spiro atoms. The third-order valence-electron chi connectivity index (χ3n) is 2.92. The Bertz CT molecular complexity index is 359. The van der Waals surface area contributed by atoms with Crippen LogP contribution in [0.5, 0.6) is 0 Å². The topological polar surface area (TPSA) is 50.4 Å². The summed E-state index contributed by atoms with van der Waals surface area (Å²) >= 11 is 0. The van der Waals surface area contributed by atoms with E-state index in [1.807, 2.05) is 30.3 Å². The highest BCUT2D eigenvalue weighted by Gasteiger charge is 2.25. The zero-order valence-electron chi connectivity index (χ0n) is 9.98. The molecule has 2 atom stereocenters. The maximum Gasteiger partial charge on any atom is 0.254 e. The highest BCUT2D eigenvalue weighted by Crippen LogP contribution is 2.09. The van der Waals surface area contributed by atoms with E-state index in [0.717, 1.165) is 12.1 Å². The van der Waals surface area contributed by atoms with Gasteiger partial charge in [0.2, 0.25) is 0 Å². The van der Waals surface area contributed by atoms with Gasteiger partial charge in [0.05, 0.1) is 6.61 Å². The highest BCUT2D eigenvalue weighted by atomic mass is 16.5. The number of rotatable bonds is 3. The molecule has 0 unspecified atom stereocenters. The van der Waals surface area contributed by atoms with Crippen LogP contribution in [0.3, 0.4) is 0 Å². The van der Waals surface area contributed by atoms with E-state index in [9.17, 15) is 4.79 Å². The fourth-order valence-electron chi connectivity index (χ4n) is 1.80. The maximum absolute atomic E-state index is 11.9. The molecule has 0 aliphatic carbocycles. The van der Waals surface area contributed by atoms with Crippen molar-refractivity contribution in [3.05, 3.63) is 30.3 Å². The van der Waals surface area contributed by atoms with Crippen LogP contribution in [0.1, 0.15) is 13.3 Å². The number of carbonyl (C=O) groups is 1. The van der Waals surface area contributed by atoms with Gasteiger partial charge < -0.3 is 15.4 Å². The lowest BCUT2D eigenvalue weighted by Crippen LogP contribution is -2.50. The molecule has 1 heterocycles. The summed E-state index contributed by atoms with van der Waals surface area (Å²) in [7, 11) is 0. The quantitative estimate of drug-likeness (QED) is 0.831. The molecule has 17 heavy (non-hydrogen) atoms. The van der Waals surface area contributed by atoms with Crippen molar-refractivity contribution in [3.8, 4) is 0 Å². The number of carbonyl (C=O) groups excluding carboxylic acids is 1. The number of nitrogens with one attached hydrogen (secondary N) is 2. The third kappa shape index (κ3) is 3.28. The summed E-state index contributed by atoms with van der Waals surface area (Å²) in [6.45, 7) is 3.28. The van der Waals surface area contributed by atoms with Crippen molar-refractivity contribution in [1.29, 1.82) is 0 Å². The molecule has 1 amide bonds. The SMILES string of the molecule is CC[C@@H]1CO[C@H](C(=O)Nc2ccccc2)CN1. The lowest BCUT2D eigenvalue weighted by molar-refractivity contribution is -0.130. The number of benzene rings is 1. The van der Waals surface area contributed by atoms with Gasteiger partial charge in [0, 0.05) is 18.3 Å². The van der Waals surface area contributed by atoms with Crippen molar-refractivity contribution in [2.45, 2.75) is 25.5 Å². The Hall–Kier alpha value is -1.39. The maximum atomic E-state index is 11.9. The molecular weight excluding hydrogens is 216 g/mol. The van der Waals surface area contributed by atoms with E-state index in [1.54, 1.807) is 0 Å². The molecule has 4 nitrogen and oxygen atoms in total. The van der Waals surface area contributed by atoms with Gasteiger partial charge in [0.1, 0.15) is 6.10 Å². The second kappa shape index (κ2) is 5.80. The van der Waals surface area contributed by atoms with Gasteiger partial charge in [-0.2, -0.15) is 0 Å². The second-order valence-corrected chi connectivity index (χ2v) is 4.19. The van der Waals surface area contributed by atoms with E-state index < -0.39 is 6.10 Å². The van der Waals surface area contributed by atoms with Gasteiger partial charge in [-0.15, -0.1) is 0 Å². The average Bonchev–Trinajstić information content (AvgIpc) is 2.40. The summed E-state index contributed by atoms with van der Waals surface area (Å²) in [5.74, 6) is -0.0850. The molecule has 0 aromatic heterocycles. The molecule has 1 aliphatic rings. The fraction of sp³-hybridized carbons (Fsp3) is 0.462. The van der Waals surface area contributed by atoms with E-state index >= 15 is 0 Å². The number of morpholine rings is 1. The number of ether oxygens (including phenoxy) is 1. The average molecular weight is 234 g/mol. The third-order valence-corrected chi connectivity index (χ3v) is 2.92. The molecule has 0 bridgehead atoms. The predicted octanol–water partition coefficient (Wildman–Crippen LogP) is 1.39. The largest absolute Gasteiger partial charge is 0.365 e. The van der Waals surface area contributed by atoms with E-state index in [2.05, 4.69) is 17.6 Å². The fourth-order valence-corrected chi connectivity index (χ4v) is 1.80. The van der Waals surface area contributed by atoms with Crippen LogP contribution in [0, 0.1) is 0 Å². The summed E-state index contributed by atoms with van der Waals surface area (Å²) in [5, 5.41) is 6.14. The van der Waals surface area contributed by atoms with Crippen molar-refractivity contribution >= 4 is 11.6 Å². The summed E-state index contributed by atoms with van der Waals surface area (Å²) in [6.07, 6.45) is 0.630. The van der Waals surface area contributed by atoms with Crippen molar-refractivity contribution < 1.29 is 9.53 Å². The van der Waals surface area contributed by atoms with Crippen LogP contribution < -0.4 is 10.6 Å². The van der Waals surface area contributed by atoms with Crippen LogP contribution in [0.15, 0.2) is 30.3 Å². The van der Waals surface area contributed by atoms with E-state index in [4.69, 9.17) is 4.74 Å². The first-order valence-corrected chi connectivity index (χ1v) is 6.00. The molecule has 92 valence electrons. The molecule has 0 saturated carbocycles. The van der Waals surface area contributed by atoms with Gasteiger partial charge in [0.15, 0.2) is 0 Å². The van der Waals surface area contributed by atoms with Crippen molar-refractivity contribution in [3.63, 3.8) is 0 Å². The Kier molecular flexibility index (Phi) is 4.12. The normalized spacial score (nSPS) is 24.3. The summed E-state index contributed by atoms with van der Waals surface area (Å²) in [5.41, 5.74) is 0.804. The van der Waals surface area contributed by atoms with Gasteiger partial charge in [0.25, 0.3) is 5.91 Å². The molecule has 1 aromatic carbocycles. The van der Waals surface area contributed by atoms with Crippen LogP contribution in [-0.2, 0) is 9.53 Å². The standard InChI is InChI=1S/C13H18N2O2/c1-2-10-9-17-12(8-14-10)13(16)15-11-6-4-3-5-7-11/h3-7,10,12,14H,2,8-9H2,1H3,(H,15,16)/t10-,12+/m1/s1. The second-order valence-electron chi connectivity index (χ2n) is 4.19. The first-order chi connectivity index (χ1) is 8.29. The number of amides is 1. The van der Waals surface area contributed by atoms with E-state index in [-0.39, 0.29) is 5.91 Å². The number of hydrogen-bond donors (Lipinski definition) is 2. The van der Waals surface area contributed by atoms with Gasteiger partial charge in [-0.05, 0) is 18.6 Å². The van der Waals surface area contributed by atoms with Crippen LogP contribution >= 0.6 is 0 Å². The van der Waals surface area contributed by atoms with Crippen LogP contribution in [-0.4, -0.2) is 31.2 Å². The van der Waals surface area contributed by atoms with Gasteiger partial charge in [-0.25, -0.2) is 0 Å². The van der Waals surface area contributed by atoms with Gasteiger partial charge >= 0.3 is 0 Å². The molecule has 2 rings (SSSR count). The molecular formula is C13H18N2O2. The highest BCUT2D eigenvalue weighted by molar-refractivity contribution is 5.94.